The van der Waals surface area contributed by atoms with Gasteiger partial charge in [0.2, 0.25) is 5.91 Å². The number of unbranched alkanes of at least 4 members (excludes halogenated alkanes) is 3. The van der Waals surface area contributed by atoms with E-state index in [0.29, 0.717) is 13.0 Å². The fourth-order valence-corrected chi connectivity index (χ4v) is 1.93. The van der Waals surface area contributed by atoms with Gasteiger partial charge in [-0.25, -0.2) is 4.39 Å². The van der Waals surface area contributed by atoms with Gasteiger partial charge < -0.3 is 11.1 Å². The molecule has 19 heavy (non-hydrogen) atoms. The highest BCUT2D eigenvalue weighted by Crippen LogP contribution is 2.13. The molecule has 4 heteroatoms. The molecule has 0 heterocycles. The van der Waals surface area contributed by atoms with Gasteiger partial charge in [0.05, 0.1) is 6.04 Å². The Balaban J connectivity index is 2.26. The largest absolute Gasteiger partial charge is 0.350 e. The van der Waals surface area contributed by atoms with E-state index in [1.165, 1.54) is 12.1 Å². The summed E-state index contributed by atoms with van der Waals surface area (Å²) >= 11 is 0. The molecule has 1 amide bonds. The lowest BCUT2D eigenvalue weighted by Crippen LogP contribution is -2.26. The second-order valence-corrected chi connectivity index (χ2v) is 4.79. The lowest BCUT2D eigenvalue weighted by atomic mass is 10.1. The van der Waals surface area contributed by atoms with Crippen LogP contribution in [0.3, 0.4) is 0 Å². The molecule has 1 rings (SSSR count). The van der Waals surface area contributed by atoms with Crippen LogP contribution in [0.15, 0.2) is 24.3 Å². The molecule has 1 atom stereocenters. The van der Waals surface area contributed by atoms with Crippen LogP contribution in [0, 0.1) is 5.82 Å². The topological polar surface area (TPSA) is 55.1 Å². The van der Waals surface area contributed by atoms with Crippen molar-refractivity contribution >= 4 is 5.91 Å². The lowest BCUT2D eigenvalue weighted by molar-refractivity contribution is -0.121. The first-order chi connectivity index (χ1) is 9.13. The Morgan fingerprint density at radius 2 is 1.84 bits per heavy atom. The van der Waals surface area contributed by atoms with E-state index in [-0.39, 0.29) is 17.8 Å². The summed E-state index contributed by atoms with van der Waals surface area (Å²) in [6.45, 7) is 2.62. The molecular formula is C15H23FN2O. The number of hydrogen-bond donors (Lipinski definition) is 2. The van der Waals surface area contributed by atoms with E-state index in [4.69, 9.17) is 5.73 Å². The minimum Gasteiger partial charge on any atom is -0.350 e. The Morgan fingerprint density at radius 3 is 2.47 bits per heavy atom. The molecule has 1 aromatic carbocycles. The first-order valence-electron chi connectivity index (χ1n) is 6.88. The number of rotatable bonds is 8. The zero-order valence-corrected chi connectivity index (χ0v) is 11.5. The van der Waals surface area contributed by atoms with Crippen molar-refractivity contribution in [3.05, 3.63) is 35.6 Å². The molecule has 3 N–H and O–H groups in total. The maximum Gasteiger partial charge on any atom is 0.220 e. The highest BCUT2D eigenvalue weighted by atomic mass is 19.1. The summed E-state index contributed by atoms with van der Waals surface area (Å²) in [6, 6.07) is 6.12. The smallest absolute Gasteiger partial charge is 0.220 e. The minimum atomic E-state index is -0.262. The van der Waals surface area contributed by atoms with Crippen molar-refractivity contribution in [1.82, 2.24) is 5.32 Å². The molecule has 1 aromatic rings. The van der Waals surface area contributed by atoms with E-state index in [1.807, 2.05) is 6.92 Å². The zero-order valence-electron chi connectivity index (χ0n) is 11.5. The van der Waals surface area contributed by atoms with Crippen LogP contribution in [-0.2, 0) is 4.79 Å². The predicted octanol–water partition coefficient (Wildman–Crippen LogP) is 2.91. The van der Waals surface area contributed by atoms with Gasteiger partial charge in [0, 0.05) is 6.42 Å². The summed E-state index contributed by atoms with van der Waals surface area (Å²) in [5, 5.41) is 2.92. The molecule has 0 fully saturated rings. The van der Waals surface area contributed by atoms with Gasteiger partial charge >= 0.3 is 0 Å². The second kappa shape index (κ2) is 8.64. The minimum absolute atomic E-state index is 0.0459. The normalized spacial score (nSPS) is 12.2. The average molecular weight is 266 g/mol. The lowest BCUT2D eigenvalue weighted by Gasteiger charge is -2.14. The molecule has 0 spiro atoms. The number of amides is 1. The van der Waals surface area contributed by atoms with E-state index < -0.39 is 0 Å². The number of carbonyl (C=O) groups is 1. The van der Waals surface area contributed by atoms with Crippen molar-refractivity contribution in [2.24, 2.45) is 5.73 Å². The number of nitrogens with two attached hydrogens (primary N) is 1. The first kappa shape index (κ1) is 15.6. The summed E-state index contributed by atoms with van der Waals surface area (Å²) in [5.41, 5.74) is 6.32. The zero-order chi connectivity index (χ0) is 14.1. The third-order valence-corrected chi connectivity index (χ3v) is 3.11. The molecule has 0 bridgehead atoms. The number of benzene rings is 1. The van der Waals surface area contributed by atoms with Gasteiger partial charge in [-0.1, -0.05) is 25.0 Å². The molecule has 106 valence electrons. The Morgan fingerprint density at radius 1 is 1.21 bits per heavy atom. The fraction of sp³-hybridized carbons (Fsp3) is 0.533. The number of halogens is 1. The van der Waals surface area contributed by atoms with Crippen LogP contribution >= 0.6 is 0 Å². The van der Waals surface area contributed by atoms with E-state index in [0.717, 1.165) is 31.2 Å². The first-order valence-corrected chi connectivity index (χ1v) is 6.88. The molecule has 0 unspecified atom stereocenters. The third-order valence-electron chi connectivity index (χ3n) is 3.11. The molecule has 0 radical (unpaired) electrons. The Kier molecular flexibility index (Phi) is 7.11. The number of carbonyl (C=O) groups excluding carboxylic acids is 1. The maximum absolute atomic E-state index is 12.8. The second-order valence-electron chi connectivity index (χ2n) is 4.79. The van der Waals surface area contributed by atoms with Crippen LogP contribution in [0.2, 0.25) is 0 Å². The van der Waals surface area contributed by atoms with E-state index in [1.54, 1.807) is 12.1 Å². The van der Waals surface area contributed by atoms with Gasteiger partial charge in [0.25, 0.3) is 0 Å². The maximum atomic E-state index is 12.8. The standard InChI is InChI=1S/C15H23FN2O/c1-12(13-7-9-14(16)10-8-13)18-15(19)6-4-2-3-5-11-17/h7-10,12H,2-6,11,17H2,1H3,(H,18,19)/t12-/m0/s1. The highest BCUT2D eigenvalue weighted by molar-refractivity contribution is 5.76. The van der Waals surface area contributed by atoms with Crippen LogP contribution in [-0.4, -0.2) is 12.5 Å². The van der Waals surface area contributed by atoms with Crippen molar-refractivity contribution in [3.8, 4) is 0 Å². The monoisotopic (exact) mass is 266 g/mol. The Bertz CT molecular complexity index is 378. The predicted molar refractivity (Wildman–Crippen MR) is 75.1 cm³/mol. The average Bonchev–Trinajstić information content (AvgIpc) is 2.39. The summed E-state index contributed by atoms with van der Waals surface area (Å²) < 4.78 is 12.8. The van der Waals surface area contributed by atoms with Crippen LogP contribution in [0.4, 0.5) is 4.39 Å². The molecule has 0 aliphatic heterocycles. The third kappa shape index (κ3) is 6.34. The molecular weight excluding hydrogens is 243 g/mol. The van der Waals surface area contributed by atoms with E-state index in [2.05, 4.69) is 5.32 Å². The molecule has 0 aliphatic carbocycles. The molecule has 0 aromatic heterocycles. The van der Waals surface area contributed by atoms with Crippen molar-refractivity contribution in [3.63, 3.8) is 0 Å². The van der Waals surface area contributed by atoms with Crippen molar-refractivity contribution in [2.45, 2.75) is 45.1 Å². The van der Waals surface area contributed by atoms with Crippen molar-refractivity contribution in [1.29, 1.82) is 0 Å². The summed E-state index contributed by atoms with van der Waals surface area (Å²) in [7, 11) is 0. The molecule has 3 nitrogen and oxygen atoms in total. The van der Waals surface area contributed by atoms with E-state index >= 15 is 0 Å². The van der Waals surface area contributed by atoms with Gasteiger partial charge in [-0.05, 0) is 44.0 Å². The van der Waals surface area contributed by atoms with Crippen LogP contribution in [0.1, 0.15) is 50.6 Å². The summed E-state index contributed by atoms with van der Waals surface area (Å²) in [5.74, 6) is -0.216. The fourth-order valence-electron chi connectivity index (χ4n) is 1.93. The quantitative estimate of drug-likeness (QED) is 0.711. The van der Waals surface area contributed by atoms with Crippen molar-refractivity contribution in [2.75, 3.05) is 6.54 Å². The summed E-state index contributed by atoms with van der Waals surface area (Å²) in [6.07, 6.45) is 4.57. The van der Waals surface area contributed by atoms with Crippen LogP contribution in [0.25, 0.3) is 0 Å². The Hall–Kier alpha value is -1.42. The SMILES string of the molecule is C[C@H](NC(=O)CCCCCCN)c1ccc(F)cc1. The van der Waals surface area contributed by atoms with Gasteiger partial charge in [-0.2, -0.15) is 0 Å². The number of nitrogens with one attached hydrogen (secondary N) is 1. The van der Waals surface area contributed by atoms with Gasteiger partial charge in [0.1, 0.15) is 5.82 Å². The molecule has 0 saturated heterocycles. The summed E-state index contributed by atoms with van der Waals surface area (Å²) in [4.78, 5) is 11.7. The highest BCUT2D eigenvalue weighted by Gasteiger charge is 2.09. The van der Waals surface area contributed by atoms with Gasteiger partial charge in [-0.15, -0.1) is 0 Å². The molecule has 0 aliphatic rings. The number of hydrogen-bond acceptors (Lipinski definition) is 2. The molecule has 0 saturated carbocycles. The Labute approximate surface area is 114 Å². The van der Waals surface area contributed by atoms with Crippen LogP contribution in [0.5, 0.6) is 0 Å². The van der Waals surface area contributed by atoms with Crippen LogP contribution < -0.4 is 11.1 Å². The van der Waals surface area contributed by atoms with Crippen molar-refractivity contribution < 1.29 is 9.18 Å². The van der Waals surface area contributed by atoms with Gasteiger partial charge in [0.15, 0.2) is 0 Å². The van der Waals surface area contributed by atoms with E-state index in [9.17, 15) is 9.18 Å². The van der Waals surface area contributed by atoms with Gasteiger partial charge in [-0.3, -0.25) is 4.79 Å².